The summed E-state index contributed by atoms with van der Waals surface area (Å²) in [6.07, 6.45) is 0.727. The van der Waals surface area contributed by atoms with Crippen LogP contribution >= 0.6 is 0 Å². The second-order valence-corrected chi connectivity index (χ2v) is 3.03. The second kappa shape index (κ2) is 7.32. The number of amides is 2. The van der Waals surface area contributed by atoms with Crippen molar-refractivity contribution in [1.82, 2.24) is 10.2 Å². The summed E-state index contributed by atoms with van der Waals surface area (Å²) >= 11 is 0. The normalized spacial score (nSPS) is 9.64. The molecule has 5 nitrogen and oxygen atoms in total. The molecule has 0 unspecified atom stereocenters. The van der Waals surface area contributed by atoms with Gasteiger partial charge in [0, 0.05) is 26.6 Å². The summed E-state index contributed by atoms with van der Waals surface area (Å²) in [5.74, 6) is -0.280. The molecule has 0 rings (SSSR count). The van der Waals surface area contributed by atoms with E-state index in [0.717, 1.165) is 0 Å². The first kappa shape index (κ1) is 12.9. The van der Waals surface area contributed by atoms with Crippen LogP contribution in [0.2, 0.25) is 0 Å². The highest BCUT2D eigenvalue weighted by atomic mass is 16.3. The number of aliphatic hydroxyl groups is 1. The fourth-order valence-electron chi connectivity index (χ4n) is 0.978. The van der Waals surface area contributed by atoms with Gasteiger partial charge in [0.2, 0.25) is 11.8 Å². The molecule has 0 fully saturated rings. The number of carbonyl (C=O) groups excluding carboxylic acids is 2. The topological polar surface area (TPSA) is 69.6 Å². The maximum atomic E-state index is 11.3. The van der Waals surface area contributed by atoms with Gasteiger partial charge in [-0.25, -0.2) is 0 Å². The summed E-state index contributed by atoms with van der Waals surface area (Å²) in [6, 6.07) is 0. The van der Waals surface area contributed by atoms with Crippen LogP contribution < -0.4 is 5.32 Å². The smallest absolute Gasteiger partial charge is 0.239 e. The van der Waals surface area contributed by atoms with Gasteiger partial charge in [0.1, 0.15) is 0 Å². The van der Waals surface area contributed by atoms with Crippen LogP contribution in [0.3, 0.4) is 0 Å². The van der Waals surface area contributed by atoms with Gasteiger partial charge in [-0.2, -0.15) is 0 Å². The van der Waals surface area contributed by atoms with Crippen molar-refractivity contribution in [2.45, 2.75) is 19.8 Å². The maximum Gasteiger partial charge on any atom is 0.239 e. The van der Waals surface area contributed by atoms with Crippen LogP contribution in [0.1, 0.15) is 19.8 Å². The molecular formula is C9H18N2O3. The third kappa shape index (κ3) is 5.53. The predicted molar refractivity (Wildman–Crippen MR) is 52.6 cm³/mol. The molecule has 0 atom stereocenters. The van der Waals surface area contributed by atoms with Crippen LogP contribution in [-0.4, -0.2) is 48.6 Å². The molecule has 0 aliphatic rings. The molecule has 0 aromatic rings. The lowest BCUT2D eigenvalue weighted by Gasteiger charge is -2.15. The van der Waals surface area contributed by atoms with Crippen molar-refractivity contribution in [3.8, 4) is 0 Å². The first-order valence-electron chi connectivity index (χ1n) is 4.73. The fraction of sp³-hybridized carbons (Fsp3) is 0.778. The van der Waals surface area contributed by atoms with Crippen molar-refractivity contribution in [2.24, 2.45) is 0 Å². The monoisotopic (exact) mass is 202 g/mol. The molecular weight excluding hydrogens is 184 g/mol. The number of nitrogens with one attached hydrogen (secondary N) is 1. The molecule has 0 aromatic heterocycles. The predicted octanol–water partition coefficient (Wildman–Crippen LogP) is -0.647. The van der Waals surface area contributed by atoms with Gasteiger partial charge in [0.05, 0.1) is 6.54 Å². The van der Waals surface area contributed by atoms with Gasteiger partial charge < -0.3 is 15.3 Å². The lowest BCUT2D eigenvalue weighted by molar-refractivity contribution is -0.134. The zero-order chi connectivity index (χ0) is 11.0. The van der Waals surface area contributed by atoms with E-state index in [1.54, 1.807) is 7.05 Å². The van der Waals surface area contributed by atoms with Gasteiger partial charge in [0.15, 0.2) is 0 Å². The average molecular weight is 202 g/mol. The molecule has 14 heavy (non-hydrogen) atoms. The Morgan fingerprint density at radius 1 is 1.43 bits per heavy atom. The van der Waals surface area contributed by atoms with E-state index >= 15 is 0 Å². The van der Waals surface area contributed by atoms with Gasteiger partial charge in [0.25, 0.3) is 0 Å². The van der Waals surface area contributed by atoms with Gasteiger partial charge in [-0.05, 0) is 13.3 Å². The Labute approximate surface area is 84.1 Å². The zero-order valence-corrected chi connectivity index (χ0v) is 8.75. The van der Waals surface area contributed by atoms with E-state index in [1.807, 2.05) is 6.92 Å². The van der Waals surface area contributed by atoms with E-state index in [1.165, 1.54) is 4.90 Å². The van der Waals surface area contributed by atoms with Crippen LogP contribution in [0.15, 0.2) is 0 Å². The largest absolute Gasteiger partial charge is 0.396 e. The number of rotatable bonds is 6. The van der Waals surface area contributed by atoms with E-state index in [0.29, 0.717) is 13.0 Å². The average Bonchev–Trinajstić information content (AvgIpc) is 2.14. The number of hydrogen-bond acceptors (Lipinski definition) is 3. The van der Waals surface area contributed by atoms with Gasteiger partial charge in [-0.15, -0.1) is 0 Å². The Morgan fingerprint density at radius 2 is 2.07 bits per heavy atom. The van der Waals surface area contributed by atoms with E-state index in [4.69, 9.17) is 5.11 Å². The number of hydrogen-bond donors (Lipinski definition) is 2. The molecule has 0 saturated carbocycles. The van der Waals surface area contributed by atoms with Gasteiger partial charge in [-0.1, -0.05) is 0 Å². The summed E-state index contributed by atoms with van der Waals surface area (Å²) in [4.78, 5) is 23.7. The lowest BCUT2D eigenvalue weighted by atomic mass is 10.3. The highest BCUT2D eigenvalue weighted by molar-refractivity contribution is 5.84. The van der Waals surface area contributed by atoms with E-state index < -0.39 is 0 Å². The van der Waals surface area contributed by atoms with Gasteiger partial charge >= 0.3 is 0 Å². The van der Waals surface area contributed by atoms with Crippen molar-refractivity contribution >= 4 is 11.8 Å². The molecule has 2 amide bonds. The first-order chi connectivity index (χ1) is 6.61. The standard InChI is InChI=1S/C9H18N2O3/c1-3-10-8(13)7-11(2)9(14)5-4-6-12/h12H,3-7H2,1-2H3,(H,10,13). The minimum Gasteiger partial charge on any atom is -0.396 e. The summed E-state index contributed by atoms with van der Waals surface area (Å²) in [6.45, 7) is 2.47. The number of carbonyl (C=O) groups is 2. The molecule has 0 spiro atoms. The molecule has 0 radical (unpaired) electrons. The Balaban J connectivity index is 3.76. The van der Waals surface area contributed by atoms with Crippen LogP contribution in [0, 0.1) is 0 Å². The summed E-state index contributed by atoms with van der Waals surface area (Å²) in [7, 11) is 1.58. The maximum absolute atomic E-state index is 11.3. The Morgan fingerprint density at radius 3 is 2.57 bits per heavy atom. The fourth-order valence-corrected chi connectivity index (χ4v) is 0.978. The first-order valence-corrected chi connectivity index (χ1v) is 4.73. The molecule has 0 bridgehead atoms. The Kier molecular flexibility index (Phi) is 6.74. The van der Waals surface area contributed by atoms with Crippen molar-refractivity contribution in [3.63, 3.8) is 0 Å². The Hall–Kier alpha value is -1.10. The van der Waals surface area contributed by atoms with E-state index in [-0.39, 0.29) is 31.4 Å². The minimum absolute atomic E-state index is 0.000731. The van der Waals surface area contributed by atoms with Crippen molar-refractivity contribution in [3.05, 3.63) is 0 Å². The van der Waals surface area contributed by atoms with E-state index in [2.05, 4.69) is 5.32 Å². The third-order valence-corrected chi connectivity index (χ3v) is 1.73. The van der Waals surface area contributed by atoms with Crippen molar-refractivity contribution in [2.75, 3.05) is 26.7 Å². The van der Waals surface area contributed by atoms with Crippen LogP contribution in [-0.2, 0) is 9.59 Å². The molecule has 0 aliphatic heterocycles. The molecule has 0 aromatic carbocycles. The van der Waals surface area contributed by atoms with Gasteiger partial charge in [-0.3, -0.25) is 9.59 Å². The third-order valence-electron chi connectivity index (χ3n) is 1.73. The quantitative estimate of drug-likeness (QED) is 0.601. The lowest BCUT2D eigenvalue weighted by Crippen LogP contribution is -2.38. The zero-order valence-electron chi connectivity index (χ0n) is 8.75. The highest BCUT2D eigenvalue weighted by Gasteiger charge is 2.11. The molecule has 0 aliphatic carbocycles. The van der Waals surface area contributed by atoms with Crippen LogP contribution in [0.25, 0.3) is 0 Å². The molecule has 5 heteroatoms. The van der Waals surface area contributed by atoms with Crippen molar-refractivity contribution in [1.29, 1.82) is 0 Å². The van der Waals surface area contributed by atoms with Crippen LogP contribution in [0.5, 0.6) is 0 Å². The number of likely N-dealkylation sites (N-methyl/N-ethyl adjacent to an activating group) is 2. The van der Waals surface area contributed by atoms with Crippen LogP contribution in [0.4, 0.5) is 0 Å². The second-order valence-electron chi connectivity index (χ2n) is 3.03. The Bertz CT molecular complexity index is 194. The van der Waals surface area contributed by atoms with E-state index in [9.17, 15) is 9.59 Å². The SMILES string of the molecule is CCNC(=O)CN(C)C(=O)CCCO. The molecule has 0 heterocycles. The molecule has 82 valence electrons. The number of aliphatic hydroxyl groups excluding tert-OH is 1. The summed E-state index contributed by atoms with van der Waals surface area (Å²) < 4.78 is 0. The summed E-state index contributed by atoms with van der Waals surface area (Å²) in [5, 5.41) is 11.1. The number of nitrogens with zero attached hydrogens (tertiary/aromatic N) is 1. The summed E-state index contributed by atoms with van der Waals surface area (Å²) in [5.41, 5.74) is 0. The highest BCUT2D eigenvalue weighted by Crippen LogP contribution is 1.94. The van der Waals surface area contributed by atoms with Crippen molar-refractivity contribution < 1.29 is 14.7 Å². The minimum atomic E-state index is -0.160. The molecule has 0 saturated heterocycles. The molecule has 2 N–H and O–H groups in total.